The molecule has 0 atom stereocenters. The van der Waals surface area contributed by atoms with Gasteiger partial charge in [0.2, 0.25) is 5.88 Å². The van der Waals surface area contributed by atoms with Gasteiger partial charge in [-0.25, -0.2) is 14.4 Å². The number of ether oxygens (including phenoxy) is 1. The number of hydrogen-bond donors (Lipinski definition) is 1. The topological polar surface area (TPSA) is 78.1 Å². The van der Waals surface area contributed by atoms with Gasteiger partial charge < -0.3 is 10.5 Å². The van der Waals surface area contributed by atoms with Crippen molar-refractivity contribution >= 4 is 11.6 Å². The maximum atomic E-state index is 12.9. The van der Waals surface area contributed by atoms with E-state index in [0.717, 1.165) is 11.1 Å². The van der Waals surface area contributed by atoms with E-state index >= 15 is 0 Å². The molecule has 2 aromatic carbocycles. The van der Waals surface area contributed by atoms with Crippen LogP contribution in [0.2, 0.25) is 0 Å². The maximum absolute atomic E-state index is 12.9. The summed E-state index contributed by atoms with van der Waals surface area (Å²) >= 11 is 0. The number of nitrogens with zero attached hydrogens (tertiary/aromatic N) is 2. The van der Waals surface area contributed by atoms with Gasteiger partial charge in [0.25, 0.3) is 0 Å². The number of hydrogen-bond acceptors (Lipinski definition) is 5. The molecule has 0 aliphatic rings. The molecule has 3 aromatic rings. The van der Waals surface area contributed by atoms with E-state index in [1.54, 1.807) is 24.3 Å². The van der Waals surface area contributed by atoms with Crippen LogP contribution in [0.3, 0.4) is 0 Å². The summed E-state index contributed by atoms with van der Waals surface area (Å²) in [6, 6.07) is 14.7. The van der Waals surface area contributed by atoms with Crippen LogP contribution in [0.25, 0.3) is 0 Å². The molecule has 0 aliphatic heterocycles. The van der Waals surface area contributed by atoms with Crippen molar-refractivity contribution in [2.75, 3.05) is 5.73 Å². The molecule has 25 heavy (non-hydrogen) atoms. The zero-order chi connectivity index (χ0) is 17.6. The Morgan fingerprint density at radius 3 is 2.16 bits per heavy atom. The average Bonchev–Trinajstić information content (AvgIpc) is 2.59. The molecule has 5 nitrogen and oxygen atoms in total. The van der Waals surface area contributed by atoms with Crippen LogP contribution in [-0.4, -0.2) is 15.8 Å². The Balaban J connectivity index is 1.58. The minimum absolute atomic E-state index is 0.0591. The molecule has 0 fully saturated rings. The SMILES string of the molecule is Nc1cc(Oc2ccc(CC(=O)Cc3ccc(F)cc3)cc2)ncn1. The Hall–Kier alpha value is -3.28. The van der Waals surface area contributed by atoms with Crippen LogP contribution in [0, 0.1) is 5.82 Å². The minimum Gasteiger partial charge on any atom is -0.439 e. The minimum atomic E-state index is -0.308. The van der Waals surface area contributed by atoms with Crippen molar-refractivity contribution in [3.63, 3.8) is 0 Å². The van der Waals surface area contributed by atoms with Crippen molar-refractivity contribution in [3.8, 4) is 11.6 Å². The molecular formula is C19H16FN3O2. The number of carbonyl (C=O) groups is 1. The highest BCUT2D eigenvalue weighted by Crippen LogP contribution is 2.20. The summed E-state index contributed by atoms with van der Waals surface area (Å²) in [4.78, 5) is 19.9. The molecule has 0 amide bonds. The molecule has 0 saturated carbocycles. The Morgan fingerprint density at radius 1 is 0.960 bits per heavy atom. The highest BCUT2D eigenvalue weighted by Gasteiger charge is 2.07. The second-order valence-electron chi connectivity index (χ2n) is 5.55. The number of anilines is 1. The summed E-state index contributed by atoms with van der Waals surface area (Å²) in [5, 5.41) is 0. The van der Waals surface area contributed by atoms with Crippen LogP contribution < -0.4 is 10.5 Å². The zero-order valence-corrected chi connectivity index (χ0v) is 13.4. The standard InChI is InChI=1S/C19H16FN3O2/c20-15-5-1-13(2-6-15)9-16(24)10-14-3-7-17(8-4-14)25-19-11-18(21)22-12-23-19/h1-8,11-12H,9-10H2,(H2,21,22,23). The van der Waals surface area contributed by atoms with E-state index in [0.29, 0.717) is 23.9 Å². The van der Waals surface area contributed by atoms with Gasteiger partial charge in [-0.15, -0.1) is 0 Å². The third-order valence-corrected chi connectivity index (χ3v) is 3.52. The monoisotopic (exact) mass is 337 g/mol. The fraction of sp³-hybridized carbons (Fsp3) is 0.105. The first-order chi connectivity index (χ1) is 12.1. The number of rotatable bonds is 6. The summed E-state index contributed by atoms with van der Waals surface area (Å²) < 4.78 is 18.4. The molecular weight excluding hydrogens is 321 g/mol. The maximum Gasteiger partial charge on any atom is 0.224 e. The number of benzene rings is 2. The molecule has 6 heteroatoms. The zero-order valence-electron chi connectivity index (χ0n) is 13.4. The number of halogens is 1. The van der Waals surface area contributed by atoms with E-state index in [9.17, 15) is 9.18 Å². The lowest BCUT2D eigenvalue weighted by atomic mass is 10.0. The summed E-state index contributed by atoms with van der Waals surface area (Å²) in [6.07, 6.45) is 1.91. The Kier molecular flexibility index (Phi) is 4.99. The van der Waals surface area contributed by atoms with E-state index in [2.05, 4.69) is 9.97 Å². The Bertz CT molecular complexity index is 865. The van der Waals surface area contributed by atoms with Gasteiger partial charge in [0, 0.05) is 18.9 Å². The van der Waals surface area contributed by atoms with E-state index in [4.69, 9.17) is 10.5 Å². The number of carbonyl (C=O) groups excluding carboxylic acids is 1. The average molecular weight is 337 g/mol. The van der Waals surface area contributed by atoms with Gasteiger partial charge in [-0.2, -0.15) is 0 Å². The first kappa shape index (κ1) is 16.6. The molecule has 0 unspecified atom stereocenters. The summed E-state index contributed by atoms with van der Waals surface area (Å²) in [6.45, 7) is 0. The van der Waals surface area contributed by atoms with Gasteiger partial charge in [0.1, 0.15) is 29.5 Å². The number of nitrogens with two attached hydrogens (primary N) is 1. The second kappa shape index (κ2) is 7.53. The molecule has 1 aromatic heterocycles. The van der Waals surface area contributed by atoms with Crippen LogP contribution in [0.4, 0.5) is 10.2 Å². The normalized spacial score (nSPS) is 10.4. The predicted octanol–water partition coefficient (Wildman–Crippen LogP) is 3.34. The third kappa shape index (κ3) is 4.84. The van der Waals surface area contributed by atoms with E-state index in [1.807, 2.05) is 12.1 Å². The lowest BCUT2D eigenvalue weighted by Crippen LogP contribution is -2.06. The molecule has 126 valence electrons. The Morgan fingerprint density at radius 2 is 1.56 bits per heavy atom. The quantitative estimate of drug-likeness (QED) is 0.746. The molecule has 3 rings (SSSR count). The van der Waals surface area contributed by atoms with Crippen LogP contribution in [0.5, 0.6) is 11.6 Å². The second-order valence-corrected chi connectivity index (χ2v) is 5.55. The fourth-order valence-corrected chi connectivity index (χ4v) is 2.33. The molecule has 2 N–H and O–H groups in total. The fourth-order valence-electron chi connectivity index (χ4n) is 2.33. The van der Waals surface area contributed by atoms with E-state index in [1.165, 1.54) is 24.5 Å². The molecule has 0 aliphatic carbocycles. The van der Waals surface area contributed by atoms with Crippen molar-refractivity contribution in [1.82, 2.24) is 9.97 Å². The third-order valence-electron chi connectivity index (χ3n) is 3.52. The number of ketones is 1. The number of aromatic nitrogens is 2. The largest absolute Gasteiger partial charge is 0.439 e. The van der Waals surface area contributed by atoms with Crippen LogP contribution in [0.1, 0.15) is 11.1 Å². The lowest BCUT2D eigenvalue weighted by molar-refractivity contribution is -0.117. The molecule has 0 spiro atoms. The molecule has 0 saturated heterocycles. The smallest absolute Gasteiger partial charge is 0.224 e. The molecule has 0 bridgehead atoms. The van der Waals surface area contributed by atoms with Crippen molar-refractivity contribution in [2.45, 2.75) is 12.8 Å². The number of Topliss-reactive ketones (excluding diaryl/α,β-unsaturated/α-hetero) is 1. The van der Waals surface area contributed by atoms with Crippen molar-refractivity contribution in [2.24, 2.45) is 0 Å². The highest BCUT2D eigenvalue weighted by atomic mass is 19.1. The molecule has 1 heterocycles. The Labute approximate surface area is 144 Å². The van der Waals surface area contributed by atoms with Crippen LogP contribution in [0.15, 0.2) is 60.9 Å². The summed E-state index contributed by atoms with van der Waals surface area (Å²) in [5.41, 5.74) is 7.25. The van der Waals surface area contributed by atoms with Gasteiger partial charge >= 0.3 is 0 Å². The van der Waals surface area contributed by atoms with Crippen molar-refractivity contribution < 1.29 is 13.9 Å². The van der Waals surface area contributed by atoms with Gasteiger partial charge in [0.05, 0.1) is 0 Å². The van der Waals surface area contributed by atoms with E-state index < -0.39 is 0 Å². The van der Waals surface area contributed by atoms with Crippen LogP contribution in [-0.2, 0) is 17.6 Å². The van der Waals surface area contributed by atoms with Crippen molar-refractivity contribution in [1.29, 1.82) is 0 Å². The predicted molar refractivity (Wildman–Crippen MR) is 91.8 cm³/mol. The first-order valence-electron chi connectivity index (χ1n) is 7.69. The summed E-state index contributed by atoms with van der Waals surface area (Å²) in [7, 11) is 0. The van der Waals surface area contributed by atoms with Gasteiger partial charge in [-0.3, -0.25) is 4.79 Å². The van der Waals surface area contributed by atoms with Gasteiger partial charge in [-0.05, 0) is 35.4 Å². The van der Waals surface area contributed by atoms with E-state index in [-0.39, 0.29) is 18.0 Å². The van der Waals surface area contributed by atoms with Gasteiger partial charge in [0.15, 0.2) is 0 Å². The first-order valence-corrected chi connectivity index (χ1v) is 7.69. The number of nitrogen functional groups attached to an aromatic ring is 1. The lowest BCUT2D eigenvalue weighted by Gasteiger charge is -2.06. The van der Waals surface area contributed by atoms with Crippen LogP contribution >= 0.6 is 0 Å². The van der Waals surface area contributed by atoms with Crippen molar-refractivity contribution in [3.05, 3.63) is 77.9 Å². The molecule has 0 radical (unpaired) electrons. The highest BCUT2D eigenvalue weighted by molar-refractivity contribution is 5.83. The van der Waals surface area contributed by atoms with Gasteiger partial charge in [-0.1, -0.05) is 24.3 Å². The summed E-state index contributed by atoms with van der Waals surface area (Å²) in [5.74, 6) is 1.02.